The number of nitrogens with two attached hydrogens (primary N) is 1. The zero-order valence-electron chi connectivity index (χ0n) is 10.7. The number of aryl methyl sites for hydroxylation is 1. The summed E-state index contributed by atoms with van der Waals surface area (Å²) in [7, 11) is 1.68. The minimum absolute atomic E-state index is 0.609. The second-order valence-corrected chi connectivity index (χ2v) is 5.06. The molecule has 1 heterocycles. The Bertz CT molecular complexity index is 557. The molecule has 1 aliphatic rings. The Morgan fingerprint density at radius 3 is 2.94 bits per heavy atom. The Labute approximate surface area is 107 Å². The molecule has 1 saturated carbocycles. The van der Waals surface area contributed by atoms with Gasteiger partial charge in [-0.05, 0) is 24.5 Å². The smallest absolute Gasteiger partial charge is 0.201 e. The topological polar surface area (TPSA) is 53.1 Å². The van der Waals surface area contributed by atoms with E-state index in [1.165, 1.54) is 25.7 Å². The summed E-state index contributed by atoms with van der Waals surface area (Å²) in [5, 5.41) is 0. The van der Waals surface area contributed by atoms with Crippen molar-refractivity contribution in [2.24, 2.45) is 5.92 Å². The minimum Gasteiger partial charge on any atom is -0.497 e. The number of methoxy groups -OCH3 is 1. The number of anilines is 1. The number of aromatic nitrogens is 2. The molecule has 1 fully saturated rings. The summed E-state index contributed by atoms with van der Waals surface area (Å²) in [6.07, 6.45) is 5.33. The first-order chi connectivity index (χ1) is 8.78. The fraction of sp³-hybridized carbons (Fsp3) is 0.500. The third-order valence-electron chi connectivity index (χ3n) is 3.97. The molecule has 0 spiro atoms. The van der Waals surface area contributed by atoms with Crippen molar-refractivity contribution in [1.29, 1.82) is 0 Å². The zero-order valence-corrected chi connectivity index (χ0v) is 10.7. The van der Waals surface area contributed by atoms with Gasteiger partial charge in [0.05, 0.1) is 18.1 Å². The second-order valence-electron chi connectivity index (χ2n) is 5.06. The molecule has 0 aliphatic heterocycles. The van der Waals surface area contributed by atoms with Crippen LogP contribution >= 0.6 is 0 Å². The van der Waals surface area contributed by atoms with Crippen molar-refractivity contribution in [1.82, 2.24) is 9.55 Å². The van der Waals surface area contributed by atoms with Crippen molar-refractivity contribution in [3.63, 3.8) is 0 Å². The first kappa shape index (κ1) is 11.4. The van der Waals surface area contributed by atoms with Crippen LogP contribution in [0.5, 0.6) is 5.75 Å². The Hall–Kier alpha value is -1.71. The van der Waals surface area contributed by atoms with E-state index in [-0.39, 0.29) is 0 Å². The van der Waals surface area contributed by atoms with E-state index >= 15 is 0 Å². The van der Waals surface area contributed by atoms with E-state index < -0.39 is 0 Å². The molecule has 0 bridgehead atoms. The summed E-state index contributed by atoms with van der Waals surface area (Å²) in [5.74, 6) is 2.34. The average molecular weight is 245 g/mol. The monoisotopic (exact) mass is 245 g/mol. The molecular formula is C14H19N3O. The van der Waals surface area contributed by atoms with Gasteiger partial charge in [-0.15, -0.1) is 0 Å². The van der Waals surface area contributed by atoms with E-state index in [0.717, 1.165) is 29.2 Å². The summed E-state index contributed by atoms with van der Waals surface area (Å²) in [5.41, 5.74) is 8.02. The molecule has 0 radical (unpaired) electrons. The number of hydrogen-bond acceptors (Lipinski definition) is 3. The maximum Gasteiger partial charge on any atom is 0.201 e. The molecule has 2 aromatic rings. The van der Waals surface area contributed by atoms with Crippen LogP contribution in [-0.4, -0.2) is 16.7 Å². The Morgan fingerprint density at radius 1 is 1.44 bits per heavy atom. The highest BCUT2D eigenvalue weighted by Crippen LogP contribution is 2.31. The molecule has 4 heteroatoms. The molecule has 2 N–H and O–H groups in total. The predicted octanol–water partition coefficient (Wildman–Crippen LogP) is 2.82. The maximum atomic E-state index is 6.00. The lowest BCUT2D eigenvalue weighted by Crippen LogP contribution is -2.14. The van der Waals surface area contributed by atoms with E-state index in [9.17, 15) is 0 Å². The van der Waals surface area contributed by atoms with Crippen molar-refractivity contribution in [3.8, 4) is 5.75 Å². The summed E-state index contributed by atoms with van der Waals surface area (Å²) in [6.45, 7) is 0.958. The van der Waals surface area contributed by atoms with Crippen molar-refractivity contribution in [2.45, 2.75) is 32.2 Å². The van der Waals surface area contributed by atoms with Gasteiger partial charge < -0.3 is 15.0 Å². The van der Waals surface area contributed by atoms with Crippen molar-refractivity contribution in [3.05, 3.63) is 18.2 Å². The Balaban J connectivity index is 1.90. The van der Waals surface area contributed by atoms with E-state index in [2.05, 4.69) is 9.55 Å². The minimum atomic E-state index is 0.609. The number of ether oxygens (including phenoxy) is 1. The summed E-state index contributed by atoms with van der Waals surface area (Å²) >= 11 is 0. The van der Waals surface area contributed by atoms with Gasteiger partial charge in [-0.1, -0.05) is 19.3 Å². The molecule has 96 valence electrons. The van der Waals surface area contributed by atoms with Gasteiger partial charge in [-0.3, -0.25) is 0 Å². The highest BCUT2D eigenvalue weighted by molar-refractivity contribution is 5.79. The van der Waals surface area contributed by atoms with Gasteiger partial charge in [-0.25, -0.2) is 4.98 Å². The first-order valence-corrected chi connectivity index (χ1v) is 6.57. The lowest BCUT2D eigenvalue weighted by molar-refractivity contribution is 0.284. The molecule has 0 unspecified atom stereocenters. The number of hydrogen-bond donors (Lipinski definition) is 1. The normalized spacial score (nSPS) is 15.8. The Morgan fingerprint density at radius 2 is 2.28 bits per heavy atom. The number of benzene rings is 1. The van der Waals surface area contributed by atoms with Crippen LogP contribution in [0.3, 0.4) is 0 Å². The molecule has 3 rings (SSSR count). The van der Waals surface area contributed by atoms with Crippen LogP contribution in [0.1, 0.15) is 25.7 Å². The number of nitrogens with zero attached hydrogens (tertiary/aromatic N) is 2. The summed E-state index contributed by atoms with van der Waals surface area (Å²) in [4.78, 5) is 4.40. The summed E-state index contributed by atoms with van der Waals surface area (Å²) in [6, 6.07) is 5.90. The molecule has 0 saturated heterocycles. The molecule has 18 heavy (non-hydrogen) atoms. The molecule has 0 amide bonds. The standard InChI is InChI=1S/C14H19N3O/c1-18-11-5-6-12-13(9-11)17(14(15)16-12)8-7-10-3-2-4-10/h5-6,9-10H,2-4,7-8H2,1H3,(H2,15,16). The van der Waals surface area contributed by atoms with Crippen LogP contribution in [0.15, 0.2) is 18.2 Å². The lowest BCUT2D eigenvalue weighted by atomic mass is 9.83. The zero-order chi connectivity index (χ0) is 12.5. The first-order valence-electron chi connectivity index (χ1n) is 6.57. The van der Waals surface area contributed by atoms with Gasteiger partial charge >= 0.3 is 0 Å². The van der Waals surface area contributed by atoms with Crippen molar-refractivity contribution >= 4 is 17.0 Å². The predicted molar refractivity (Wildman–Crippen MR) is 72.7 cm³/mol. The van der Waals surface area contributed by atoms with Crippen molar-refractivity contribution in [2.75, 3.05) is 12.8 Å². The Kier molecular flexibility index (Phi) is 2.86. The fourth-order valence-electron chi connectivity index (χ4n) is 2.58. The molecular weight excluding hydrogens is 226 g/mol. The largest absolute Gasteiger partial charge is 0.497 e. The van der Waals surface area contributed by atoms with Crippen LogP contribution < -0.4 is 10.5 Å². The van der Waals surface area contributed by atoms with Crippen LogP contribution in [0.25, 0.3) is 11.0 Å². The van der Waals surface area contributed by atoms with Gasteiger partial charge in [0.25, 0.3) is 0 Å². The molecule has 1 aliphatic carbocycles. The number of imidazole rings is 1. The van der Waals surface area contributed by atoms with E-state index in [1.54, 1.807) is 7.11 Å². The van der Waals surface area contributed by atoms with Gasteiger partial charge in [0.2, 0.25) is 5.95 Å². The number of nitrogen functional groups attached to an aromatic ring is 1. The average Bonchev–Trinajstić information content (AvgIpc) is 2.63. The highest BCUT2D eigenvalue weighted by Gasteiger charge is 2.18. The number of fused-ring (bicyclic) bond motifs is 1. The van der Waals surface area contributed by atoms with Gasteiger partial charge in [0, 0.05) is 12.6 Å². The second kappa shape index (κ2) is 4.52. The molecule has 1 aromatic heterocycles. The molecule has 0 atom stereocenters. The lowest BCUT2D eigenvalue weighted by Gasteiger charge is -2.25. The van der Waals surface area contributed by atoms with Crippen molar-refractivity contribution < 1.29 is 4.74 Å². The SMILES string of the molecule is COc1ccc2nc(N)n(CCC3CCC3)c2c1. The molecule has 1 aromatic carbocycles. The highest BCUT2D eigenvalue weighted by atomic mass is 16.5. The van der Waals surface area contributed by atoms with E-state index in [1.807, 2.05) is 18.2 Å². The number of rotatable bonds is 4. The van der Waals surface area contributed by atoms with E-state index in [0.29, 0.717) is 5.95 Å². The van der Waals surface area contributed by atoms with Crippen LogP contribution in [0.2, 0.25) is 0 Å². The maximum absolute atomic E-state index is 6.00. The van der Waals surface area contributed by atoms with Gasteiger partial charge in [0.15, 0.2) is 0 Å². The van der Waals surface area contributed by atoms with Gasteiger partial charge in [-0.2, -0.15) is 0 Å². The quantitative estimate of drug-likeness (QED) is 0.901. The fourth-order valence-corrected chi connectivity index (χ4v) is 2.58. The van der Waals surface area contributed by atoms with E-state index in [4.69, 9.17) is 10.5 Å². The van der Waals surface area contributed by atoms with Gasteiger partial charge in [0.1, 0.15) is 5.75 Å². The summed E-state index contributed by atoms with van der Waals surface area (Å²) < 4.78 is 7.37. The third-order valence-corrected chi connectivity index (χ3v) is 3.97. The van der Waals surface area contributed by atoms with Crippen LogP contribution in [0.4, 0.5) is 5.95 Å². The third kappa shape index (κ3) is 1.92. The van der Waals surface area contributed by atoms with Crippen LogP contribution in [0, 0.1) is 5.92 Å². The van der Waals surface area contributed by atoms with Crippen LogP contribution in [-0.2, 0) is 6.54 Å². The molecule has 4 nitrogen and oxygen atoms in total.